The first-order valence-electron chi connectivity index (χ1n) is 5.53. The highest BCUT2D eigenvalue weighted by Gasteiger charge is 2.38. The predicted octanol–water partition coefficient (Wildman–Crippen LogP) is 3.93. The number of Topliss-reactive ketones (excluding diaryl/α,β-unsaturated/α-hetero) is 1. The van der Waals surface area contributed by atoms with Crippen molar-refractivity contribution in [3.63, 3.8) is 0 Å². The van der Waals surface area contributed by atoms with E-state index in [2.05, 4.69) is 15.9 Å². The van der Waals surface area contributed by atoms with E-state index in [9.17, 15) is 10.0 Å². The molecule has 0 unspecified atom stereocenters. The molecule has 0 saturated carbocycles. The van der Waals surface area contributed by atoms with Crippen LogP contribution in [0.3, 0.4) is 0 Å². The second kappa shape index (κ2) is 4.47. The molecule has 0 amide bonds. The molecule has 0 aliphatic carbocycles. The molecule has 0 aromatic heterocycles. The Kier molecular flexibility index (Phi) is 2.92. The van der Waals surface area contributed by atoms with Crippen LogP contribution in [0.5, 0.6) is 0 Å². The van der Waals surface area contributed by atoms with Crippen LogP contribution >= 0.6 is 27.5 Å². The standard InChI is InChI=1S/C14H7BrClNO2/c15-10-6-2-1-4-8(10)13-14(18)9-5-3-7-11(16)12(9)17(13)19/h1-7H. The lowest BCUT2D eigenvalue weighted by atomic mass is 10.0. The Morgan fingerprint density at radius 2 is 1.74 bits per heavy atom. The average Bonchev–Trinajstić information content (AvgIpc) is 2.64. The van der Waals surface area contributed by atoms with Crippen molar-refractivity contribution in [2.45, 2.75) is 0 Å². The highest BCUT2D eigenvalue weighted by Crippen LogP contribution is 2.35. The number of rotatable bonds is 1. The summed E-state index contributed by atoms with van der Waals surface area (Å²) in [6.07, 6.45) is 0. The summed E-state index contributed by atoms with van der Waals surface area (Å²) in [4.78, 5) is 12.4. The maximum absolute atomic E-state index is 12.4. The molecule has 0 atom stereocenters. The van der Waals surface area contributed by atoms with Crippen molar-refractivity contribution >= 4 is 44.7 Å². The minimum absolute atomic E-state index is 0.0931. The van der Waals surface area contributed by atoms with Gasteiger partial charge in [-0.1, -0.05) is 29.8 Å². The Hall–Kier alpha value is -1.65. The Labute approximate surface area is 122 Å². The van der Waals surface area contributed by atoms with Crippen molar-refractivity contribution in [2.75, 3.05) is 0 Å². The fourth-order valence-electron chi connectivity index (χ4n) is 2.12. The number of carbonyl (C=O) groups is 1. The van der Waals surface area contributed by atoms with Gasteiger partial charge in [-0.15, -0.1) is 0 Å². The van der Waals surface area contributed by atoms with Crippen molar-refractivity contribution in [3.8, 4) is 0 Å². The van der Waals surface area contributed by atoms with E-state index in [4.69, 9.17) is 11.6 Å². The van der Waals surface area contributed by atoms with Crippen LogP contribution in [0.4, 0.5) is 5.69 Å². The number of para-hydroxylation sites is 1. The molecule has 0 spiro atoms. The molecule has 0 N–H and O–H groups in total. The summed E-state index contributed by atoms with van der Waals surface area (Å²) in [5.41, 5.74) is 1.22. The van der Waals surface area contributed by atoms with Gasteiger partial charge in [0.05, 0.1) is 5.56 Å². The minimum atomic E-state index is -0.306. The number of halogens is 2. The highest BCUT2D eigenvalue weighted by molar-refractivity contribution is 9.10. The molecule has 2 aromatic carbocycles. The zero-order valence-electron chi connectivity index (χ0n) is 9.56. The molecule has 0 bridgehead atoms. The zero-order chi connectivity index (χ0) is 13.6. The van der Waals surface area contributed by atoms with Gasteiger partial charge < -0.3 is 5.21 Å². The summed E-state index contributed by atoms with van der Waals surface area (Å²) < 4.78 is 1.31. The van der Waals surface area contributed by atoms with Crippen molar-refractivity contribution in [2.24, 2.45) is 0 Å². The first-order chi connectivity index (χ1) is 9.11. The van der Waals surface area contributed by atoms with E-state index in [-0.39, 0.29) is 22.2 Å². The second-order valence-electron chi connectivity index (χ2n) is 4.09. The van der Waals surface area contributed by atoms with Crippen molar-refractivity contribution in [1.29, 1.82) is 0 Å². The predicted molar refractivity (Wildman–Crippen MR) is 77.3 cm³/mol. The van der Waals surface area contributed by atoms with Crippen LogP contribution in [-0.4, -0.2) is 16.2 Å². The molecule has 5 heteroatoms. The molecular weight excluding hydrogens is 330 g/mol. The molecule has 1 heterocycles. The molecule has 0 saturated heterocycles. The Bertz CT molecular complexity index is 740. The summed E-state index contributed by atoms with van der Waals surface area (Å²) in [6.45, 7) is 0. The van der Waals surface area contributed by atoms with E-state index in [1.54, 1.807) is 36.4 Å². The highest BCUT2D eigenvalue weighted by atomic mass is 79.9. The third-order valence-corrected chi connectivity index (χ3v) is 3.98. The number of carbonyl (C=O) groups excluding carboxylic acids is 1. The monoisotopic (exact) mass is 335 g/mol. The van der Waals surface area contributed by atoms with Gasteiger partial charge >= 0.3 is 0 Å². The summed E-state index contributed by atoms with van der Waals surface area (Å²) in [5.74, 6) is -0.306. The molecular formula is C14H7BrClNO2. The summed E-state index contributed by atoms with van der Waals surface area (Å²) in [7, 11) is 0. The second-order valence-corrected chi connectivity index (χ2v) is 5.35. The van der Waals surface area contributed by atoms with Crippen LogP contribution in [0.15, 0.2) is 46.9 Å². The quantitative estimate of drug-likeness (QED) is 0.585. The van der Waals surface area contributed by atoms with Crippen LogP contribution in [0.2, 0.25) is 5.02 Å². The van der Waals surface area contributed by atoms with E-state index in [0.29, 0.717) is 20.3 Å². The van der Waals surface area contributed by atoms with Gasteiger partial charge in [0.1, 0.15) is 10.6 Å². The maximum Gasteiger partial charge on any atom is 0.274 e. The maximum atomic E-state index is 12.4. The van der Waals surface area contributed by atoms with Gasteiger partial charge in [0.2, 0.25) is 5.69 Å². The molecule has 0 radical (unpaired) electrons. The van der Waals surface area contributed by atoms with Crippen LogP contribution in [0, 0.1) is 5.21 Å². The third-order valence-electron chi connectivity index (χ3n) is 2.98. The largest absolute Gasteiger partial charge is 0.618 e. The lowest BCUT2D eigenvalue weighted by molar-refractivity contribution is -0.355. The van der Waals surface area contributed by atoms with Gasteiger partial charge in [-0.2, -0.15) is 4.74 Å². The Morgan fingerprint density at radius 3 is 2.42 bits per heavy atom. The molecule has 3 nitrogen and oxygen atoms in total. The molecule has 2 aromatic rings. The number of benzene rings is 2. The molecule has 1 aliphatic rings. The van der Waals surface area contributed by atoms with Crippen LogP contribution in [-0.2, 0) is 0 Å². The Morgan fingerprint density at radius 1 is 1.05 bits per heavy atom. The smallest absolute Gasteiger partial charge is 0.274 e. The lowest BCUT2D eigenvalue weighted by Gasteiger charge is -2.04. The van der Waals surface area contributed by atoms with E-state index in [0.717, 1.165) is 0 Å². The van der Waals surface area contributed by atoms with Crippen LogP contribution in [0.25, 0.3) is 0 Å². The van der Waals surface area contributed by atoms with Crippen molar-refractivity contribution < 1.29 is 9.53 Å². The van der Waals surface area contributed by atoms with Crippen LogP contribution in [0.1, 0.15) is 15.9 Å². The van der Waals surface area contributed by atoms with Crippen molar-refractivity contribution in [3.05, 3.63) is 68.3 Å². The average molecular weight is 337 g/mol. The molecule has 1 aliphatic heterocycles. The fraction of sp³-hybridized carbons (Fsp3) is 0. The normalized spacial score (nSPS) is 13.9. The van der Waals surface area contributed by atoms with Gasteiger partial charge in [0.25, 0.3) is 11.5 Å². The minimum Gasteiger partial charge on any atom is -0.618 e. The first kappa shape index (κ1) is 12.4. The first-order valence-corrected chi connectivity index (χ1v) is 6.70. The molecule has 0 fully saturated rings. The summed E-state index contributed by atoms with van der Waals surface area (Å²) in [6, 6.07) is 12.0. The van der Waals surface area contributed by atoms with Gasteiger partial charge in [-0.05, 0) is 40.2 Å². The molecule has 19 heavy (non-hydrogen) atoms. The third kappa shape index (κ3) is 1.79. The van der Waals surface area contributed by atoms with Crippen molar-refractivity contribution in [1.82, 2.24) is 0 Å². The van der Waals surface area contributed by atoms with Crippen LogP contribution < -0.4 is 0 Å². The lowest BCUT2D eigenvalue weighted by Crippen LogP contribution is -2.17. The topological polar surface area (TPSA) is 43.1 Å². The Balaban J connectivity index is 2.29. The van der Waals surface area contributed by atoms with Gasteiger partial charge in [0, 0.05) is 4.47 Å². The van der Waals surface area contributed by atoms with Gasteiger partial charge in [-0.3, -0.25) is 4.79 Å². The van der Waals surface area contributed by atoms with Gasteiger partial charge in [-0.25, -0.2) is 0 Å². The number of ketones is 1. The molecule has 3 rings (SSSR count). The summed E-state index contributed by atoms with van der Waals surface area (Å²) >= 11 is 9.36. The number of hydrogen-bond donors (Lipinski definition) is 0. The van der Waals surface area contributed by atoms with E-state index < -0.39 is 0 Å². The van der Waals surface area contributed by atoms with E-state index >= 15 is 0 Å². The number of nitrogens with zero attached hydrogens (tertiary/aromatic N) is 1. The van der Waals surface area contributed by atoms with Gasteiger partial charge in [0.15, 0.2) is 0 Å². The fourth-order valence-corrected chi connectivity index (χ4v) is 2.85. The zero-order valence-corrected chi connectivity index (χ0v) is 11.9. The molecule has 94 valence electrons. The van der Waals surface area contributed by atoms with E-state index in [1.807, 2.05) is 6.07 Å². The summed E-state index contributed by atoms with van der Waals surface area (Å²) in [5, 5.41) is 12.6. The van der Waals surface area contributed by atoms with E-state index in [1.165, 1.54) is 0 Å². The SMILES string of the molecule is O=C1C(c2ccccc2Br)=[N+]([O-])c2c(Cl)cccc21. The number of fused-ring (bicyclic) bond motifs is 1. The number of hydrogen-bond acceptors (Lipinski definition) is 2.